The number of carbonyl (C=O) groups excluding carboxylic acids is 1. The van der Waals surface area contributed by atoms with E-state index in [0.29, 0.717) is 25.2 Å². The molecule has 2 aromatic carbocycles. The average molecular weight is 453 g/mol. The van der Waals surface area contributed by atoms with Gasteiger partial charge in [-0.15, -0.1) is 0 Å². The van der Waals surface area contributed by atoms with Crippen LogP contribution in [0.1, 0.15) is 40.7 Å². The second kappa shape index (κ2) is 9.26. The van der Waals surface area contributed by atoms with Gasteiger partial charge in [0.25, 0.3) is 5.91 Å². The Bertz CT molecular complexity index is 1200. The second-order valence-corrected chi connectivity index (χ2v) is 10.2. The maximum Gasteiger partial charge on any atom is 0.254 e. The molecule has 1 amide bonds. The van der Waals surface area contributed by atoms with Crippen LogP contribution < -0.4 is 0 Å². The van der Waals surface area contributed by atoms with Crippen LogP contribution in [0.15, 0.2) is 65.8 Å². The molecule has 1 fully saturated rings. The van der Waals surface area contributed by atoms with E-state index in [1.165, 1.54) is 10.4 Å². The molecule has 0 aliphatic carbocycles. The van der Waals surface area contributed by atoms with E-state index >= 15 is 0 Å². The summed E-state index contributed by atoms with van der Waals surface area (Å²) >= 11 is 0. The molecule has 0 unspecified atom stereocenters. The Kier molecular flexibility index (Phi) is 6.43. The molecular formula is C24H28N4O3S. The van der Waals surface area contributed by atoms with Crippen LogP contribution in [0.2, 0.25) is 0 Å². The second-order valence-electron chi connectivity index (χ2n) is 8.23. The van der Waals surface area contributed by atoms with Crippen LogP contribution in [0.25, 0.3) is 5.69 Å². The third-order valence-electron chi connectivity index (χ3n) is 5.82. The van der Waals surface area contributed by atoms with Crippen LogP contribution in [-0.2, 0) is 16.6 Å². The molecule has 1 aliphatic rings. The summed E-state index contributed by atoms with van der Waals surface area (Å²) < 4.78 is 29.4. The van der Waals surface area contributed by atoms with Crippen LogP contribution in [0.5, 0.6) is 0 Å². The van der Waals surface area contributed by atoms with Gasteiger partial charge < -0.3 is 4.90 Å². The highest BCUT2D eigenvalue weighted by molar-refractivity contribution is 7.89. The maximum atomic E-state index is 13.2. The number of hydrogen-bond acceptors (Lipinski definition) is 4. The summed E-state index contributed by atoms with van der Waals surface area (Å²) in [5, 5.41) is 4.38. The zero-order valence-corrected chi connectivity index (χ0v) is 19.3. The Balaban J connectivity index is 1.52. The summed E-state index contributed by atoms with van der Waals surface area (Å²) in [6.07, 6.45) is 6.42. The minimum Gasteiger partial charge on any atom is -0.337 e. The molecule has 0 radical (unpaired) electrons. The van der Waals surface area contributed by atoms with Gasteiger partial charge in [0, 0.05) is 44.0 Å². The molecule has 1 saturated heterocycles. The minimum atomic E-state index is -3.60. The van der Waals surface area contributed by atoms with Crippen molar-refractivity contribution in [1.82, 2.24) is 19.0 Å². The quantitative estimate of drug-likeness (QED) is 0.572. The molecule has 0 spiro atoms. The monoisotopic (exact) mass is 452 g/mol. The van der Waals surface area contributed by atoms with Gasteiger partial charge in [-0.1, -0.05) is 30.7 Å². The van der Waals surface area contributed by atoms with E-state index in [2.05, 4.69) is 5.10 Å². The van der Waals surface area contributed by atoms with Gasteiger partial charge in [0.1, 0.15) is 0 Å². The number of carbonyl (C=O) groups is 1. The van der Waals surface area contributed by atoms with Crippen molar-refractivity contribution >= 4 is 15.9 Å². The molecule has 1 aliphatic heterocycles. The molecule has 3 aromatic rings. The molecule has 32 heavy (non-hydrogen) atoms. The summed E-state index contributed by atoms with van der Waals surface area (Å²) in [5.74, 6) is -0.217. The average Bonchev–Trinajstić information content (AvgIpc) is 3.28. The molecule has 0 N–H and O–H groups in total. The Labute approximate surface area is 189 Å². The first-order chi connectivity index (χ1) is 15.4. The largest absolute Gasteiger partial charge is 0.337 e. The van der Waals surface area contributed by atoms with Crippen molar-refractivity contribution in [2.24, 2.45) is 0 Å². The van der Waals surface area contributed by atoms with E-state index in [9.17, 15) is 13.2 Å². The van der Waals surface area contributed by atoms with Crippen molar-refractivity contribution < 1.29 is 13.2 Å². The number of hydrogen-bond donors (Lipinski definition) is 0. The zero-order valence-electron chi connectivity index (χ0n) is 18.4. The first-order valence-electron chi connectivity index (χ1n) is 10.8. The maximum absolute atomic E-state index is 13.2. The van der Waals surface area contributed by atoms with Crippen LogP contribution in [0.3, 0.4) is 0 Å². The van der Waals surface area contributed by atoms with Crippen molar-refractivity contribution in [3.8, 4) is 5.69 Å². The Morgan fingerprint density at radius 1 is 1.06 bits per heavy atom. The Hall–Kier alpha value is -2.97. The first-order valence-corrected chi connectivity index (χ1v) is 12.3. The fourth-order valence-electron chi connectivity index (χ4n) is 3.96. The van der Waals surface area contributed by atoms with Gasteiger partial charge in [0.15, 0.2) is 0 Å². The third kappa shape index (κ3) is 4.61. The lowest BCUT2D eigenvalue weighted by Crippen LogP contribution is -2.35. The number of piperidine rings is 1. The minimum absolute atomic E-state index is 0.179. The Morgan fingerprint density at radius 2 is 1.78 bits per heavy atom. The standard InChI is InChI=1S/C24H28N4O3S/c1-19-11-12-22(32(30,31)27-13-7-4-8-14-27)15-23(19)24(29)26(2)17-20-16-25-28(18-20)21-9-5-3-6-10-21/h3,5-6,9-12,15-16,18H,4,7-8,13-14,17H2,1-2H3. The highest BCUT2D eigenvalue weighted by Gasteiger charge is 2.27. The van der Waals surface area contributed by atoms with Gasteiger partial charge in [-0.25, -0.2) is 13.1 Å². The smallest absolute Gasteiger partial charge is 0.254 e. The molecule has 168 valence electrons. The number of sulfonamides is 1. The highest BCUT2D eigenvalue weighted by atomic mass is 32.2. The normalized spacial score (nSPS) is 14.9. The summed E-state index contributed by atoms with van der Waals surface area (Å²) in [4.78, 5) is 15.0. The predicted octanol–water partition coefficient (Wildman–Crippen LogP) is 3.63. The van der Waals surface area contributed by atoms with Crippen LogP contribution in [-0.4, -0.2) is 53.4 Å². The van der Waals surface area contributed by atoms with Gasteiger partial charge in [-0.2, -0.15) is 9.40 Å². The van der Waals surface area contributed by atoms with Crippen LogP contribution in [0, 0.1) is 6.92 Å². The zero-order chi connectivity index (χ0) is 22.7. The highest BCUT2D eigenvalue weighted by Crippen LogP contribution is 2.24. The van der Waals surface area contributed by atoms with Gasteiger partial charge in [0.2, 0.25) is 10.0 Å². The van der Waals surface area contributed by atoms with E-state index in [1.807, 2.05) is 43.5 Å². The van der Waals surface area contributed by atoms with Gasteiger partial charge >= 0.3 is 0 Å². The SMILES string of the molecule is Cc1ccc(S(=O)(=O)N2CCCCC2)cc1C(=O)N(C)Cc1cnn(-c2ccccc2)c1. The molecular weight excluding hydrogens is 424 g/mol. The van der Waals surface area contributed by atoms with E-state index in [0.717, 1.165) is 36.1 Å². The third-order valence-corrected chi connectivity index (χ3v) is 7.71. The number of aryl methyl sites for hydroxylation is 1. The van der Waals surface area contributed by atoms with E-state index in [1.54, 1.807) is 35.0 Å². The molecule has 8 heteroatoms. The molecule has 0 saturated carbocycles. The molecule has 4 rings (SSSR count). The van der Waals surface area contributed by atoms with Crippen molar-refractivity contribution in [1.29, 1.82) is 0 Å². The number of rotatable bonds is 6. The number of para-hydroxylation sites is 1. The van der Waals surface area contributed by atoms with E-state index < -0.39 is 10.0 Å². The fraction of sp³-hybridized carbons (Fsp3) is 0.333. The number of aromatic nitrogens is 2. The fourth-order valence-corrected chi connectivity index (χ4v) is 5.51. The predicted molar refractivity (Wildman–Crippen MR) is 123 cm³/mol. The van der Waals surface area contributed by atoms with E-state index in [-0.39, 0.29) is 10.8 Å². The van der Waals surface area contributed by atoms with E-state index in [4.69, 9.17) is 0 Å². The van der Waals surface area contributed by atoms with Crippen LogP contribution >= 0.6 is 0 Å². The first kappa shape index (κ1) is 22.2. The molecule has 0 atom stereocenters. The van der Waals surface area contributed by atoms with Gasteiger partial charge in [-0.3, -0.25) is 4.79 Å². The molecule has 0 bridgehead atoms. The summed E-state index contributed by atoms with van der Waals surface area (Å²) in [6.45, 7) is 3.26. The van der Waals surface area contributed by atoms with Crippen LogP contribution in [0.4, 0.5) is 0 Å². The lowest BCUT2D eigenvalue weighted by molar-refractivity contribution is 0.0784. The molecule has 7 nitrogen and oxygen atoms in total. The number of benzene rings is 2. The summed E-state index contributed by atoms with van der Waals surface area (Å²) in [7, 11) is -1.88. The Morgan fingerprint density at radius 3 is 2.50 bits per heavy atom. The lowest BCUT2D eigenvalue weighted by Gasteiger charge is -2.26. The topological polar surface area (TPSA) is 75.5 Å². The molecule has 1 aromatic heterocycles. The summed E-state index contributed by atoms with van der Waals surface area (Å²) in [5.41, 5.74) is 2.99. The lowest BCUT2D eigenvalue weighted by atomic mass is 10.1. The van der Waals surface area contributed by atoms with Crippen molar-refractivity contribution in [3.05, 3.63) is 77.6 Å². The molecule has 2 heterocycles. The number of amides is 1. The van der Waals surface area contributed by atoms with Gasteiger partial charge in [-0.05, 0) is 49.6 Å². The van der Waals surface area contributed by atoms with Crippen molar-refractivity contribution in [2.45, 2.75) is 37.6 Å². The van der Waals surface area contributed by atoms with Gasteiger partial charge in [0.05, 0.1) is 16.8 Å². The number of nitrogens with zero attached hydrogens (tertiary/aromatic N) is 4. The van der Waals surface area contributed by atoms with Crippen molar-refractivity contribution in [3.63, 3.8) is 0 Å². The van der Waals surface area contributed by atoms with Crippen molar-refractivity contribution in [2.75, 3.05) is 20.1 Å². The summed E-state index contributed by atoms with van der Waals surface area (Å²) in [6, 6.07) is 14.6.